The lowest BCUT2D eigenvalue weighted by Gasteiger charge is -2.35. The van der Waals surface area contributed by atoms with Crippen molar-refractivity contribution in [2.75, 3.05) is 89.9 Å². The number of methoxy groups -OCH3 is 1. The third-order valence-electron chi connectivity index (χ3n) is 11.7. The molecule has 4 bridgehead atoms. The number of anilines is 6. The van der Waals surface area contributed by atoms with Crippen molar-refractivity contribution in [2.24, 2.45) is 0 Å². The van der Waals surface area contributed by atoms with Crippen LogP contribution in [0.3, 0.4) is 0 Å². The number of carboxylic acids is 1. The zero-order valence-corrected chi connectivity index (χ0v) is 37.4. The summed E-state index contributed by atoms with van der Waals surface area (Å²) in [5.41, 5.74) is 1.56. The maximum Gasteiger partial charge on any atom is 0.356 e. The molecule has 0 unspecified atom stereocenters. The number of nitrogens with one attached hydrogen (secondary N) is 2. The van der Waals surface area contributed by atoms with Gasteiger partial charge in [0.2, 0.25) is 11.8 Å². The molecule has 4 fully saturated rings. The van der Waals surface area contributed by atoms with Crippen LogP contribution in [-0.4, -0.2) is 155 Å². The Morgan fingerprint density at radius 3 is 1.55 bits per heavy atom. The molecule has 0 radical (unpaired) electrons. The average molecular weight is 927 g/mol. The molecule has 3 N–H and O–H groups in total. The predicted molar refractivity (Wildman–Crippen MR) is 236 cm³/mol. The number of esters is 1. The fourth-order valence-electron chi connectivity index (χ4n) is 8.58. The summed E-state index contributed by atoms with van der Waals surface area (Å²) >= 11 is 0. The van der Waals surface area contributed by atoms with Gasteiger partial charge in [-0.1, -0.05) is 0 Å². The van der Waals surface area contributed by atoms with Crippen LogP contribution in [0.5, 0.6) is 11.8 Å². The fraction of sp³-hybridized carbons (Fsp3) is 0.488. The van der Waals surface area contributed by atoms with Crippen LogP contribution in [0.2, 0.25) is 0 Å². The highest BCUT2D eigenvalue weighted by atomic mass is 16.8. The van der Waals surface area contributed by atoms with E-state index in [4.69, 9.17) is 33.2 Å². The SMILES string of the molecule is CC1(C)OC[C@H](COc2cnc(NC(=O)N3c4nc(C(=O)O)ccc4N4CC[C@H]3C4)cn2)O1.COC(=O)c1ccc2c(n1)N(C(=O)Nc1cnc(OC[C@H]3COC(C)(C)O3)cn1)[C@H]1CCN2C1. The van der Waals surface area contributed by atoms with Crippen molar-refractivity contribution in [1.29, 1.82) is 0 Å². The van der Waals surface area contributed by atoms with Gasteiger partial charge in [0.15, 0.2) is 46.2 Å². The number of aromatic nitrogens is 6. The lowest BCUT2D eigenvalue weighted by atomic mass is 10.2. The molecule has 4 aromatic heterocycles. The Kier molecular flexibility index (Phi) is 12.4. The van der Waals surface area contributed by atoms with E-state index in [1.807, 2.05) is 27.7 Å². The molecule has 4 aromatic rings. The van der Waals surface area contributed by atoms with Gasteiger partial charge in [0.05, 0.1) is 68.6 Å². The van der Waals surface area contributed by atoms with Gasteiger partial charge in [0, 0.05) is 26.2 Å². The zero-order chi connectivity index (χ0) is 47.0. The molecule has 6 aliphatic rings. The van der Waals surface area contributed by atoms with Crippen LogP contribution in [0.4, 0.5) is 44.2 Å². The second-order valence-corrected chi connectivity index (χ2v) is 17.3. The van der Waals surface area contributed by atoms with E-state index in [1.165, 1.54) is 42.9 Å². The number of carboxylic acid groups (broad SMARTS) is 1. The first-order chi connectivity index (χ1) is 32.1. The number of aromatic carboxylic acids is 1. The Morgan fingerprint density at radius 2 is 1.15 bits per heavy atom. The molecular weight excluding hydrogens is 877 g/mol. The summed E-state index contributed by atoms with van der Waals surface area (Å²) in [6.07, 6.45) is 6.83. The van der Waals surface area contributed by atoms with Gasteiger partial charge in [-0.05, 0) is 64.8 Å². The maximum atomic E-state index is 13.2. The first-order valence-electron chi connectivity index (χ1n) is 21.7. The molecule has 67 heavy (non-hydrogen) atoms. The maximum absolute atomic E-state index is 13.2. The number of carbonyl (C=O) groups is 4. The number of hydrogen-bond acceptors (Lipinski definition) is 19. The molecule has 6 aliphatic heterocycles. The first kappa shape index (κ1) is 45.1. The quantitative estimate of drug-likeness (QED) is 0.192. The monoisotopic (exact) mass is 926 g/mol. The number of pyridine rings is 2. The van der Waals surface area contributed by atoms with E-state index in [2.05, 4.69) is 50.3 Å². The summed E-state index contributed by atoms with van der Waals surface area (Å²) < 4.78 is 38.4. The van der Waals surface area contributed by atoms with Crippen LogP contribution in [0.25, 0.3) is 0 Å². The molecule has 0 spiro atoms. The number of rotatable bonds is 10. The number of urea groups is 2. The van der Waals surface area contributed by atoms with Crippen LogP contribution in [-0.2, 0) is 23.7 Å². The van der Waals surface area contributed by atoms with Crippen LogP contribution < -0.4 is 39.7 Å². The molecule has 354 valence electrons. The summed E-state index contributed by atoms with van der Waals surface area (Å²) in [5, 5.41) is 14.8. The third-order valence-corrected chi connectivity index (χ3v) is 11.7. The van der Waals surface area contributed by atoms with Gasteiger partial charge in [-0.25, -0.2) is 49.1 Å². The summed E-state index contributed by atoms with van der Waals surface area (Å²) in [5.74, 6) is -1.09. The largest absolute Gasteiger partial charge is 0.477 e. The molecule has 0 aliphatic carbocycles. The van der Waals surface area contributed by atoms with Crippen LogP contribution >= 0.6 is 0 Å². The van der Waals surface area contributed by atoms with Crippen molar-refractivity contribution in [2.45, 2.75) is 76.4 Å². The lowest BCUT2D eigenvalue weighted by molar-refractivity contribution is -0.142. The van der Waals surface area contributed by atoms with E-state index in [0.717, 1.165) is 37.3 Å². The van der Waals surface area contributed by atoms with Crippen molar-refractivity contribution in [3.63, 3.8) is 0 Å². The van der Waals surface area contributed by atoms with Crippen molar-refractivity contribution in [3.05, 3.63) is 60.4 Å². The molecule has 0 saturated carbocycles. The highest BCUT2D eigenvalue weighted by molar-refractivity contribution is 6.05. The third kappa shape index (κ3) is 9.91. The minimum absolute atomic E-state index is 0.0682. The molecular formula is C43H50N12O12. The minimum Gasteiger partial charge on any atom is -0.477 e. The number of fused-ring (bicyclic) bond motifs is 8. The summed E-state index contributed by atoms with van der Waals surface area (Å²) in [6, 6.07) is 5.52. The van der Waals surface area contributed by atoms with Crippen molar-refractivity contribution in [3.8, 4) is 11.8 Å². The van der Waals surface area contributed by atoms with Crippen molar-refractivity contribution >= 4 is 58.6 Å². The Hall–Kier alpha value is -7.02. The number of hydrogen-bond donors (Lipinski definition) is 3. The lowest BCUT2D eigenvalue weighted by Crippen LogP contribution is -2.48. The van der Waals surface area contributed by atoms with Crippen LogP contribution in [0.15, 0.2) is 49.1 Å². The Bertz CT molecular complexity index is 2520. The topological polar surface area (TPSA) is 267 Å². The van der Waals surface area contributed by atoms with Gasteiger partial charge in [0.25, 0.3) is 0 Å². The predicted octanol–water partition coefficient (Wildman–Crippen LogP) is 3.55. The van der Waals surface area contributed by atoms with E-state index in [9.17, 15) is 24.3 Å². The van der Waals surface area contributed by atoms with Crippen molar-refractivity contribution in [1.82, 2.24) is 29.9 Å². The molecule has 0 aromatic carbocycles. The van der Waals surface area contributed by atoms with Gasteiger partial charge in [-0.3, -0.25) is 20.4 Å². The molecule has 4 saturated heterocycles. The van der Waals surface area contributed by atoms with Crippen molar-refractivity contribution < 1.29 is 57.4 Å². The summed E-state index contributed by atoms with van der Waals surface area (Å²) in [7, 11) is 1.29. The Morgan fingerprint density at radius 1 is 0.687 bits per heavy atom. The van der Waals surface area contributed by atoms with E-state index in [0.29, 0.717) is 49.7 Å². The highest BCUT2D eigenvalue weighted by Gasteiger charge is 2.42. The van der Waals surface area contributed by atoms with Gasteiger partial charge in [0.1, 0.15) is 25.4 Å². The van der Waals surface area contributed by atoms with Gasteiger partial charge >= 0.3 is 24.0 Å². The van der Waals surface area contributed by atoms with Gasteiger partial charge in [-0.15, -0.1) is 0 Å². The molecule has 10 heterocycles. The molecule has 24 nitrogen and oxygen atoms in total. The second kappa shape index (κ2) is 18.3. The molecule has 24 heteroatoms. The van der Waals surface area contributed by atoms with Gasteiger partial charge < -0.3 is 48.1 Å². The summed E-state index contributed by atoms with van der Waals surface area (Å²) in [4.78, 5) is 82.6. The number of nitrogens with zero attached hydrogens (tertiary/aromatic N) is 10. The highest BCUT2D eigenvalue weighted by Crippen LogP contribution is 2.40. The Balaban J connectivity index is 0.000000168. The van der Waals surface area contributed by atoms with E-state index in [-0.39, 0.29) is 60.5 Å². The van der Waals surface area contributed by atoms with E-state index >= 15 is 0 Å². The molecule has 4 atom stereocenters. The first-order valence-corrected chi connectivity index (χ1v) is 21.7. The van der Waals surface area contributed by atoms with E-state index in [1.54, 1.807) is 23.1 Å². The Labute approximate surface area is 383 Å². The number of amides is 4. The smallest absolute Gasteiger partial charge is 0.356 e. The molecule has 10 rings (SSSR count). The molecule has 4 amide bonds. The van der Waals surface area contributed by atoms with Gasteiger partial charge in [-0.2, -0.15) is 0 Å². The number of ether oxygens (including phenoxy) is 7. The van der Waals surface area contributed by atoms with E-state index < -0.39 is 35.6 Å². The second-order valence-electron chi connectivity index (χ2n) is 17.3. The minimum atomic E-state index is -1.15. The average Bonchev–Trinajstić information content (AvgIpc) is 4.11. The zero-order valence-electron chi connectivity index (χ0n) is 37.4. The van der Waals surface area contributed by atoms with Crippen LogP contribution in [0.1, 0.15) is 61.5 Å². The standard InChI is InChI=1S/C22H26N6O6.C21H24N6O6/c1-22(2)33-12-14(34-22)11-32-18-9-23-17(8-24-18)26-21(30)28-13-6-7-27(10-13)16-5-4-15(20(29)31-3)25-19(16)28;1-21(2)32-11-13(33-21)10-31-17-8-22-16(7-23-17)25-20(30)27-12-5-6-26(9-12)15-4-3-14(19(28)29)24-18(15)27/h4-5,8-9,13-14H,6-7,10-12H2,1-3H3,(H,23,26,30);3-4,7-8,12-13H,5-6,9-11H2,1-2H3,(H,28,29)(H,22,25,30)/t13-,14-;12-,13-/m00/s1. The fourth-order valence-corrected chi connectivity index (χ4v) is 8.58. The summed E-state index contributed by atoms with van der Waals surface area (Å²) in [6.45, 7) is 11.7. The number of carbonyl (C=O) groups excluding carboxylic acids is 3. The normalized spacial score (nSPS) is 22.5. The van der Waals surface area contributed by atoms with Crippen LogP contribution in [0, 0.1) is 0 Å².